The van der Waals surface area contributed by atoms with E-state index in [4.69, 9.17) is 9.05 Å². The van der Waals surface area contributed by atoms with Crippen molar-refractivity contribution in [3.8, 4) is 0 Å². The third-order valence-electron chi connectivity index (χ3n) is 11.0. The molecule has 0 heterocycles. The van der Waals surface area contributed by atoms with Gasteiger partial charge in [0, 0.05) is 6.42 Å². The number of hydrogen-bond donors (Lipinski definition) is 3. The van der Waals surface area contributed by atoms with Gasteiger partial charge in [0.15, 0.2) is 0 Å². The number of amides is 1. The molecule has 9 heteroatoms. The van der Waals surface area contributed by atoms with Gasteiger partial charge in [-0.05, 0) is 89.9 Å². The average Bonchev–Trinajstić information content (AvgIpc) is 3.29. The Morgan fingerprint density at radius 2 is 0.896 bits per heavy atom. The molecule has 0 aliphatic heterocycles. The molecule has 0 aromatic rings. The average molecular weight is 952 g/mol. The molecule has 0 spiro atoms. The number of phosphoric ester groups is 1. The van der Waals surface area contributed by atoms with E-state index in [2.05, 4.69) is 141 Å². The highest BCUT2D eigenvalue weighted by atomic mass is 31.2. The fourth-order valence-corrected chi connectivity index (χ4v) is 7.57. The van der Waals surface area contributed by atoms with Gasteiger partial charge in [0.25, 0.3) is 0 Å². The summed E-state index contributed by atoms with van der Waals surface area (Å²) in [6.45, 7) is 4.62. The smallest absolute Gasteiger partial charge is 0.391 e. The van der Waals surface area contributed by atoms with E-state index < -0.39 is 20.0 Å². The number of rotatable bonds is 46. The number of hydrogen-bond acceptors (Lipinski definition) is 5. The maximum absolute atomic E-state index is 12.8. The lowest BCUT2D eigenvalue weighted by atomic mass is 10.0. The second-order valence-corrected chi connectivity index (χ2v) is 20.0. The summed E-state index contributed by atoms with van der Waals surface area (Å²) >= 11 is 0. The molecule has 382 valence electrons. The number of nitrogens with one attached hydrogen (secondary N) is 1. The zero-order valence-electron chi connectivity index (χ0n) is 43.3. The highest BCUT2D eigenvalue weighted by molar-refractivity contribution is 7.47. The van der Waals surface area contributed by atoms with Gasteiger partial charge in [-0.2, -0.15) is 0 Å². The third kappa shape index (κ3) is 50.6. The fraction of sp³-hybridized carbons (Fsp3) is 0.638. The van der Waals surface area contributed by atoms with Gasteiger partial charge in [-0.15, -0.1) is 0 Å². The number of phosphoric acid groups is 1. The minimum Gasteiger partial charge on any atom is -0.391 e. The molecule has 0 aliphatic rings. The lowest BCUT2D eigenvalue weighted by molar-refractivity contribution is -0.870. The lowest BCUT2D eigenvalue weighted by Gasteiger charge is -2.26. The monoisotopic (exact) mass is 952 g/mol. The first kappa shape index (κ1) is 63.9. The van der Waals surface area contributed by atoms with Crippen molar-refractivity contribution in [2.24, 2.45) is 0 Å². The van der Waals surface area contributed by atoms with Crippen LogP contribution in [0.2, 0.25) is 0 Å². The molecule has 1 amide bonds. The number of carbonyl (C=O) groups is 1. The molecule has 0 aromatic heterocycles. The van der Waals surface area contributed by atoms with E-state index in [1.807, 2.05) is 21.1 Å². The summed E-state index contributed by atoms with van der Waals surface area (Å²) in [6.07, 6.45) is 71.8. The summed E-state index contributed by atoms with van der Waals surface area (Å²) in [4.78, 5) is 22.9. The molecule has 0 aliphatic carbocycles. The van der Waals surface area contributed by atoms with Crippen molar-refractivity contribution in [2.45, 2.75) is 199 Å². The van der Waals surface area contributed by atoms with Crippen LogP contribution in [0.15, 0.2) is 122 Å². The van der Waals surface area contributed by atoms with Crippen LogP contribution in [-0.2, 0) is 18.4 Å². The number of nitrogens with zero attached hydrogens (tertiary/aromatic N) is 1. The number of allylic oxidation sites excluding steroid dienone is 20. The molecular weight excluding hydrogens is 852 g/mol. The van der Waals surface area contributed by atoms with E-state index in [9.17, 15) is 19.4 Å². The SMILES string of the molecule is CC/C=C\C/C=C\C/C=C\C/C=C\C/C=C\C/C=C\C/C=C\C/C=C\C/C=C\C/C=C\CCCCCCCCCCCCC(=O)NC(COP(=O)(O)OCC[N+](C)(C)C)C(O)CCCCCC. The molecule has 0 rings (SSSR count). The molecule has 0 bridgehead atoms. The first-order chi connectivity index (χ1) is 32.5. The van der Waals surface area contributed by atoms with Crippen LogP contribution in [-0.4, -0.2) is 73.4 Å². The van der Waals surface area contributed by atoms with Crippen LogP contribution >= 0.6 is 7.82 Å². The Balaban J connectivity index is 3.87. The number of carbonyl (C=O) groups excluding carboxylic acids is 1. The van der Waals surface area contributed by atoms with Crippen LogP contribution < -0.4 is 5.32 Å². The molecule has 0 fully saturated rings. The Morgan fingerprint density at radius 1 is 0.522 bits per heavy atom. The maximum atomic E-state index is 12.8. The number of aliphatic hydroxyl groups excluding tert-OH is 1. The molecule has 0 saturated heterocycles. The highest BCUT2D eigenvalue weighted by Crippen LogP contribution is 2.43. The van der Waals surface area contributed by atoms with Crippen molar-refractivity contribution < 1.29 is 32.9 Å². The number of aliphatic hydroxyl groups is 1. The van der Waals surface area contributed by atoms with E-state index in [0.29, 0.717) is 23.9 Å². The van der Waals surface area contributed by atoms with Crippen LogP contribution in [0.25, 0.3) is 0 Å². The maximum Gasteiger partial charge on any atom is 0.472 e. The summed E-state index contributed by atoms with van der Waals surface area (Å²) in [5.74, 6) is -0.164. The Morgan fingerprint density at radius 3 is 1.30 bits per heavy atom. The van der Waals surface area contributed by atoms with Crippen molar-refractivity contribution in [1.29, 1.82) is 0 Å². The molecule has 0 radical (unpaired) electrons. The first-order valence-corrected chi connectivity index (χ1v) is 27.9. The molecule has 67 heavy (non-hydrogen) atoms. The quantitative estimate of drug-likeness (QED) is 0.0243. The van der Waals surface area contributed by atoms with E-state index in [-0.39, 0.29) is 19.1 Å². The predicted molar refractivity (Wildman–Crippen MR) is 290 cm³/mol. The van der Waals surface area contributed by atoms with Crippen LogP contribution in [0, 0.1) is 0 Å². The molecule has 3 unspecified atom stereocenters. The largest absolute Gasteiger partial charge is 0.472 e. The number of quaternary nitrogens is 1. The predicted octanol–water partition coefficient (Wildman–Crippen LogP) is 15.8. The summed E-state index contributed by atoms with van der Waals surface area (Å²) in [7, 11) is 1.59. The molecule has 3 atom stereocenters. The highest BCUT2D eigenvalue weighted by Gasteiger charge is 2.28. The zero-order chi connectivity index (χ0) is 49.2. The van der Waals surface area contributed by atoms with Crippen LogP contribution in [0.3, 0.4) is 0 Å². The van der Waals surface area contributed by atoms with Gasteiger partial charge in [-0.1, -0.05) is 212 Å². The third-order valence-corrected chi connectivity index (χ3v) is 12.0. The minimum absolute atomic E-state index is 0.0671. The van der Waals surface area contributed by atoms with Crippen molar-refractivity contribution in [1.82, 2.24) is 5.32 Å². The summed E-state index contributed by atoms with van der Waals surface area (Å²) < 4.78 is 23.4. The second-order valence-electron chi connectivity index (χ2n) is 18.5. The minimum atomic E-state index is -4.30. The Bertz CT molecular complexity index is 1500. The molecular formula is C58H100N2O6P+. The normalized spacial score (nSPS) is 15.0. The van der Waals surface area contributed by atoms with E-state index in [1.54, 1.807) is 0 Å². The fourth-order valence-electron chi connectivity index (χ4n) is 6.84. The van der Waals surface area contributed by atoms with Crippen molar-refractivity contribution in [3.05, 3.63) is 122 Å². The van der Waals surface area contributed by atoms with Crippen molar-refractivity contribution in [2.75, 3.05) is 40.9 Å². The van der Waals surface area contributed by atoms with E-state index >= 15 is 0 Å². The lowest BCUT2D eigenvalue weighted by Crippen LogP contribution is -2.46. The van der Waals surface area contributed by atoms with Crippen molar-refractivity contribution in [3.63, 3.8) is 0 Å². The molecule has 8 nitrogen and oxygen atoms in total. The van der Waals surface area contributed by atoms with Crippen molar-refractivity contribution >= 4 is 13.7 Å². The van der Waals surface area contributed by atoms with Crippen LogP contribution in [0.5, 0.6) is 0 Å². The van der Waals surface area contributed by atoms with Gasteiger partial charge in [0.1, 0.15) is 13.2 Å². The van der Waals surface area contributed by atoms with Gasteiger partial charge in [-0.3, -0.25) is 13.8 Å². The standard InChI is InChI=1S/C58H99N2O6P/c1-6-8-10-12-13-14-15-16-17-18-19-20-21-22-23-24-25-26-27-28-29-30-31-32-33-34-35-36-37-38-39-40-41-42-43-44-45-46-47-48-50-52-58(62)59-56(57(61)51-49-11-9-7-2)55-66-67(63,64)65-54-53-60(3,4)5/h8,10,13-14,16-17,19-20,22-23,25-26,28-29,31-32,34-35,37-38,56-57,61H,6-7,9,11-12,15,18,21,24,27,30,33,36,39-55H2,1-5H3,(H-,59,62,63,64)/p+1/b10-8-,14-13-,17-16-,20-19-,23-22-,26-25-,29-28-,32-31-,35-34-,38-37-. The van der Waals surface area contributed by atoms with Crippen LogP contribution in [0.1, 0.15) is 187 Å². The van der Waals surface area contributed by atoms with Gasteiger partial charge >= 0.3 is 7.82 Å². The van der Waals surface area contributed by atoms with Gasteiger partial charge in [0.2, 0.25) is 5.91 Å². The summed E-state index contributed by atoms with van der Waals surface area (Å²) in [5, 5.41) is 13.7. The molecule has 0 saturated carbocycles. The van der Waals surface area contributed by atoms with E-state index in [0.717, 1.165) is 116 Å². The number of likely N-dealkylation sites (N-methyl/N-ethyl adjacent to an activating group) is 1. The van der Waals surface area contributed by atoms with Gasteiger partial charge in [0.05, 0.1) is 39.9 Å². The summed E-state index contributed by atoms with van der Waals surface area (Å²) in [5.41, 5.74) is 0. The number of unbranched alkanes of at least 4 members (excludes halogenated alkanes) is 13. The van der Waals surface area contributed by atoms with E-state index in [1.165, 1.54) is 44.9 Å². The molecule has 0 aromatic carbocycles. The second kappa shape index (κ2) is 47.9. The molecule has 3 N–H and O–H groups in total. The zero-order valence-corrected chi connectivity index (χ0v) is 44.2. The first-order valence-electron chi connectivity index (χ1n) is 26.4. The van der Waals surface area contributed by atoms with Crippen LogP contribution in [0.4, 0.5) is 0 Å². The summed E-state index contributed by atoms with van der Waals surface area (Å²) in [6, 6.07) is -0.766. The topological polar surface area (TPSA) is 105 Å². The Labute approximate surface area is 412 Å². The Kier molecular flexibility index (Phi) is 45.7. The van der Waals surface area contributed by atoms with Gasteiger partial charge < -0.3 is 19.8 Å². The van der Waals surface area contributed by atoms with Gasteiger partial charge in [-0.25, -0.2) is 4.57 Å². The Hall–Kier alpha value is -3.10.